The number of allylic oxidation sites excluding steroid dienone is 4. The number of hydrogen-bond donors (Lipinski definition) is 0. The molecular formula is C6H4K2O2. The van der Waals surface area contributed by atoms with Gasteiger partial charge in [-0.1, -0.05) is 0 Å². The predicted molar refractivity (Wildman–Crippen MR) is 39.8 cm³/mol. The molecule has 2 nitrogen and oxygen atoms in total. The molecule has 0 saturated heterocycles. The van der Waals surface area contributed by atoms with Gasteiger partial charge in [0, 0.05) is 103 Å². The molecule has 0 saturated carbocycles. The van der Waals surface area contributed by atoms with E-state index in [1.165, 1.54) is 24.3 Å². The molecular weight excluding hydrogens is 182 g/mol. The van der Waals surface area contributed by atoms with Crippen LogP contribution in [-0.2, 0) is 9.59 Å². The Morgan fingerprint density at radius 3 is 1.10 bits per heavy atom. The van der Waals surface area contributed by atoms with Crippen LogP contribution in [0.15, 0.2) is 24.3 Å². The van der Waals surface area contributed by atoms with Crippen LogP contribution in [0, 0.1) is 0 Å². The van der Waals surface area contributed by atoms with Gasteiger partial charge in [-0.2, -0.15) is 0 Å². The van der Waals surface area contributed by atoms with E-state index < -0.39 is 0 Å². The molecule has 0 spiro atoms. The smallest absolute Gasteiger partial charge is 0.178 e. The molecule has 42 valence electrons. The third-order valence-corrected chi connectivity index (χ3v) is 0.824. The molecule has 0 aliphatic heterocycles. The van der Waals surface area contributed by atoms with Crippen molar-refractivity contribution < 1.29 is 9.59 Å². The summed E-state index contributed by atoms with van der Waals surface area (Å²) in [5, 5.41) is 0. The molecule has 0 aromatic heterocycles. The summed E-state index contributed by atoms with van der Waals surface area (Å²) in [5.74, 6) is -0.241. The van der Waals surface area contributed by atoms with Gasteiger partial charge in [-0.05, 0) is 24.3 Å². The van der Waals surface area contributed by atoms with E-state index in [0.717, 1.165) is 0 Å². The zero-order chi connectivity index (χ0) is 5.98. The summed E-state index contributed by atoms with van der Waals surface area (Å²) in [6.45, 7) is 0. The van der Waals surface area contributed by atoms with Crippen LogP contribution >= 0.6 is 0 Å². The first-order chi connectivity index (χ1) is 3.79. The molecule has 0 atom stereocenters. The molecule has 1 aliphatic rings. The van der Waals surface area contributed by atoms with E-state index in [1.54, 1.807) is 0 Å². The molecule has 0 heterocycles. The molecule has 0 unspecified atom stereocenters. The predicted octanol–water partition coefficient (Wildman–Crippen LogP) is -0.511. The van der Waals surface area contributed by atoms with Gasteiger partial charge in [-0.25, -0.2) is 0 Å². The van der Waals surface area contributed by atoms with Gasteiger partial charge in [-0.3, -0.25) is 9.59 Å². The summed E-state index contributed by atoms with van der Waals surface area (Å²) in [6.07, 6.45) is 5.01. The Morgan fingerprint density at radius 2 is 0.900 bits per heavy atom. The number of rotatable bonds is 0. The van der Waals surface area contributed by atoms with E-state index in [2.05, 4.69) is 0 Å². The van der Waals surface area contributed by atoms with Gasteiger partial charge in [0.1, 0.15) is 0 Å². The van der Waals surface area contributed by atoms with Gasteiger partial charge in [0.15, 0.2) is 11.6 Å². The minimum atomic E-state index is -0.121. The van der Waals surface area contributed by atoms with Gasteiger partial charge in [0.25, 0.3) is 0 Å². The summed E-state index contributed by atoms with van der Waals surface area (Å²) < 4.78 is 0. The maximum absolute atomic E-state index is 10.3. The van der Waals surface area contributed by atoms with Crippen LogP contribution in [0.4, 0.5) is 0 Å². The van der Waals surface area contributed by atoms with Crippen molar-refractivity contribution in [2.75, 3.05) is 0 Å². The molecule has 0 aromatic rings. The fraction of sp³-hybridized carbons (Fsp3) is 0. The average molecular weight is 186 g/mol. The zero-order valence-corrected chi connectivity index (χ0v) is 12.4. The molecule has 4 heteroatoms. The third kappa shape index (κ3) is 5.71. The maximum atomic E-state index is 10.3. The molecule has 0 aromatic carbocycles. The van der Waals surface area contributed by atoms with Crippen molar-refractivity contribution in [1.29, 1.82) is 0 Å². The Hall–Kier alpha value is 2.09. The van der Waals surface area contributed by atoms with Crippen molar-refractivity contribution in [2.24, 2.45) is 0 Å². The normalized spacial score (nSPS) is 14.0. The molecule has 0 bridgehead atoms. The maximum Gasteiger partial charge on any atom is 0.178 e. The van der Waals surface area contributed by atoms with E-state index in [0.29, 0.717) is 0 Å². The molecule has 1 aliphatic carbocycles. The van der Waals surface area contributed by atoms with Crippen molar-refractivity contribution in [3.05, 3.63) is 24.3 Å². The van der Waals surface area contributed by atoms with Crippen molar-refractivity contribution in [1.82, 2.24) is 0 Å². The summed E-state index contributed by atoms with van der Waals surface area (Å²) in [5.41, 5.74) is 0. The van der Waals surface area contributed by atoms with Gasteiger partial charge >= 0.3 is 0 Å². The van der Waals surface area contributed by atoms with Crippen LogP contribution in [0.5, 0.6) is 0 Å². The van der Waals surface area contributed by atoms with Crippen molar-refractivity contribution in [3.8, 4) is 0 Å². The van der Waals surface area contributed by atoms with Gasteiger partial charge in [0.05, 0.1) is 0 Å². The first kappa shape index (κ1) is 14.6. The van der Waals surface area contributed by atoms with E-state index in [1.807, 2.05) is 0 Å². The minimum absolute atomic E-state index is 0. The standard InChI is InChI=1S/C6H4O2.2K/c7-5-1-2-6(8)4-3-5;;/h1-4H;;. The molecule has 1 rings (SSSR count). The number of hydrogen-bond acceptors (Lipinski definition) is 2. The van der Waals surface area contributed by atoms with Crippen LogP contribution in [-0.4, -0.2) is 114 Å². The zero-order valence-electron chi connectivity index (χ0n) is 6.13. The quantitative estimate of drug-likeness (QED) is 0.377. The molecule has 0 N–H and O–H groups in total. The number of carbonyl (C=O) groups excluding carboxylic acids is 2. The van der Waals surface area contributed by atoms with Crippen LogP contribution in [0.3, 0.4) is 0 Å². The summed E-state index contributed by atoms with van der Waals surface area (Å²) in [4.78, 5) is 20.6. The van der Waals surface area contributed by atoms with E-state index >= 15 is 0 Å². The largest absolute Gasteiger partial charge is 0.290 e. The Labute approximate surface area is 144 Å². The number of carbonyl (C=O) groups is 2. The van der Waals surface area contributed by atoms with Gasteiger partial charge in [-0.15, -0.1) is 0 Å². The monoisotopic (exact) mass is 186 g/mol. The van der Waals surface area contributed by atoms with E-state index in [4.69, 9.17) is 0 Å². The summed E-state index contributed by atoms with van der Waals surface area (Å²) in [7, 11) is 0. The summed E-state index contributed by atoms with van der Waals surface area (Å²) in [6, 6.07) is 0. The first-order valence-corrected chi connectivity index (χ1v) is 2.23. The third-order valence-electron chi connectivity index (χ3n) is 0.824. The Balaban J connectivity index is 0. The van der Waals surface area contributed by atoms with Gasteiger partial charge < -0.3 is 0 Å². The van der Waals surface area contributed by atoms with Crippen molar-refractivity contribution in [3.63, 3.8) is 0 Å². The Bertz CT molecular complexity index is 156. The van der Waals surface area contributed by atoms with Crippen LogP contribution in [0.25, 0.3) is 0 Å². The topological polar surface area (TPSA) is 34.1 Å². The van der Waals surface area contributed by atoms with E-state index in [-0.39, 0.29) is 114 Å². The molecule has 0 fully saturated rings. The minimum Gasteiger partial charge on any atom is -0.290 e. The van der Waals surface area contributed by atoms with Gasteiger partial charge in [0.2, 0.25) is 0 Å². The van der Waals surface area contributed by atoms with Crippen molar-refractivity contribution in [2.45, 2.75) is 0 Å². The van der Waals surface area contributed by atoms with Crippen molar-refractivity contribution >= 4 is 114 Å². The fourth-order valence-corrected chi connectivity index (χ4v) is 0.440. The van der Waals surface area contributed by atoms with Crippen LogP contribution in [0.2, 0.25) is 0 Å². The summed E-state index contributed by atoms with van der Waals surface area (Å²) >= 11 is 0. The second-order valence-electron chi connectivity index (χ2n) is 1.47. The first-order valence-electron chi connectivity index (χ1n) is 2.23. The Morgan fingerprint density at radius 1 is 0.700 bits per heavy atom. The van der Waals surface area contributed by atoms with Crippen LogP contribution < -0.4 is 0 Å². The second kappa shape index (κ2) is 7.73. The van der Waals surface area contributed by atoms with E-state index in [9.17, 15) is 9.59 Å². The SMILES string of the molecule is O=C1C=CC(=O)C=C1.[K].[K]. The molecule has 0 amide bonds. The number of ketones is 2. The average Bonchev–Trinajstić information content (AvgIpc) is 1.77. The van der Waals surface area contributed by atoms with Crippen LogP contribution in [0.1, 0.15) is 0 Å². The second-order valence-corrected chi connectivity index (χ2v) is 1.47. The molecule has 2 radical (unpaired) electrons. The fourth-order valence-electron chi connectivity index (χ4n) is 0.440. The molecule has 10 heavy (non-hydrogen) atoms. The Kier molecular flexibility index (Phi) is 11.3.